The van der Waals surface area contributed by atoms with Gasteiger partial charge in [-0.2, -0.15) is 5.26 Å². The highest BCUT2D eigenvalue weighted by atomic mass is 16.5. The van der Waals surface area contributed by atoms with Crippen LogP contribution in [0.1, 0.15) is 35.6 Å². The lowest BCUT2D eigenvalue weighted by atomic mass is 9.89. The highest BCUT2D eigenvalue weighted by molar-refractivity contribution is 5.94. The van der Waals surface area contributed by atoms with Crippen molar-refractivity contribution in [2.45, 2.75) is 31.5 Å². The van der Waals surface area contributed by atoms with Crippen molar-refractivity contribution in [1.82, 2.24) is 4.90 Å². The second kappa shape index (κ2) is 9.51. The minimum atomic E-state index is -0.728. The Balaban J connectivity index is 1.39. The van der Waals surface area contributed by atoms with Gasteiger partial charge in [0.1, 0.15) is 17.5 Å². The van der Waals surface area contributed by atoms with Gasteiger partial charge in [0.15, 0.2) is 0 Å². The van der Waals surface area contributed by atoms with Gasteiger partial charge < -0.3 is 19.7 Å². The normalized spacial score (nSPS) is 18.9. The molecule has 7 nitrogen and oxygen atoms in total. The Kier molecular flexibility index (Phi) is 6.11. The molecule has 1 saturated carbocycles. The van der Waals surface area contributed by atoms with Gasteiger partial charge in [-0.15, -0.1) is 0 Å². The van der Waals surface area contributed by atoms with E-state index in [4.69, 9.17) is 9.47 Å². The minimum absolute atomic E-state index is 0.0458. The lowest BCUT2D eigenvalue weighted by molar-refractivity contribution is -0.165. The Morgan fingerprint density at radius 1 is 1.06 bits per heavy atom. The third-order valence-electron chi connectivity index (χ3n) is 6.31. The van der Waals surface area contributed by atoms with Crippen LogP contribution in [0.3, 0.4) is 0 Å². The molecule has 0 radical (unpaired) electrons. The minimum Gasteiger partial charge on any atom is -0.497 e. The van der Waals surface area contributed by atoms with Crippen molar-refractivity contribution in [1.29, 1.82) is 5.26 Å². The Hall–Kier alpha value is -4.31. The number of rotatable bonds is 8. The van der Waals surface area contributed by atoms with E-state index in [1.165, 1.54) is 0 Å². The summed E-state index contributed by atoms with van der Waals surface area (Å²) in [5.74, 6) is 1.18. The maximum Gasteiger partial charge on any atom is 0.267 e. The molecule has 5 rings (SSSR count). The lowest BCUT2D eigenvalue weighted by Crippen LogP contribution is -2.60. The Morgan fingerprint density at radius 2 is 1.83 bits per heavy atom. The molecule has 3 aromatic rings. The fourth-order valence-corrected chi connectivity index (χ4v) is 4.31. The highest BCUT2D eigenvalue weighted by Crippen LogP contribution is 2.40. The Bertz CT molecular complexity index is 1310. The van der Waals surface area contributed by atoms with Crippen LogP contribution in [0, 0.1) is 17.2 Å². The monoisotopic (exact) mass is 467 g/mol. The van der Waals surface area contributed by atoms with Gasteiger partial charge in [-0.1, -0.05) is 30.3 Å². The fourth-order valence-electron chi connectivity index (χ4n) is 4.31. The van der Waals surface area contributed by atoms with E-state index in [1.807, 2.05) is 48.5 Å². The third kappa shape index (κ3) is 4.82. The quantitative estimate of drug-likeness (QED) is 0.495. The highest BCUT2D eigenvalue weighted by Gasteiger charge is 2.50. The first-order valence-corrected chi connectivity index (χ1v) is 11.6. The van der Waals surface area contributed by atoms with Gasteiger partial charge in [-0.3, -0.25) is 9.59 Å². The zero-order valence-corrected chi connectivity index (χ0v) is 19.3. The second-order valence-electron chi connectivity index (χ2n) is 8.83. The molecule has 0 aromatic heterocycles. The Morgan fingerprint density at radius 3 is 2.60 bits per heavy atom. The summed E-state index contributed by atoms with van der Waals surface area (Å²) in [7, 11) is 1.60. The average Bonchev–Trinajstić information content (AvgIpc) is 3.74. The molecule has 7 heteroatoms. The number of hydrogen-bond donors (Lipinski definition) is 1. The summed E-state index contributed by atoms with van der Waals surface area (Å²) >= 11 is 0. The predicted molar refractivity (Wildman–Crippen MR) is 130 cm³/mol. The fraction of sp³-hybridized carbons (Fsp3) is 0.250. The SMILES string of the molecule is COc1cccc([C@@H]2[C@@H](Oc3cccc(C#N)c3)C(=O)N2Cc2cccc(NC(=O)C3CC3)c2)c1. The number of amides is 2. The smallest absolute Gasteiger partial charge is 0.267 e. The molecule has 0 unspecified atom stereocenters. The summed E-state index contributed by atoms with van der Waals surface area (Å²) in [6.45, 7) is 0.367. The lowest BCUT2D eigenvalue weighted by Gasteiger charge is -2.47. The van der Waals surface area contributed by atoms with E-state index in [2.05, 4.69) is 11.4 Å². The zero-order valence-electron chi connectivity index (χ0n) is 19.3. The van der Waals surface area contributed by atoms with Crippen LogP contribution >= 0.6 is 0 Å². The molecule has 176 valence electrons. The summed E-state index contributed by atoms with van der Waals surface area (Å²) < 4.78 is 11.5. The van der Waals surface area contributed by atoms with Gasteiger partial charge in [0.2, 0.25) is 12.0 Å². The van der Waals surface area contributed by atoms with Crippen LogP contribution in [0.15, 0.2) is 72.8 Å². The molecule has 1 heterocycles. The van der Waals surface area contributed by atoms with Crippen molar-refractivity contribution in [2.75, 3.05) is 12.4 Å². The van der Waals surface area contributed by atoms with Gasteiger partial charge in [0.25, 0.3) is 5.91 Å². The van der Waals surface area contributed by atoms with E-state index in [1.54, 1.807) is 36.3 Å². The molecule has 3 aromatic carbocycles. The zero-order chi connectivity index (χ0) is 24.4. The predicted octanol–water partition coefficient (Wildman–Crippen LogP) is 4.45. The number of likely N-dealkylation sites (tertiary alicyclic amines) is 1. The summed E-state index contributed by atoms with van der Waals surface area (Å²) in [5.41, 5.74) is 2.99. The summed E-state index contributed by atoms with van der Waals surface area (Å²) in [6, 6.07) is 23.7. The van der Waals surface area contributed by atoms with Crippen LogP contribution in [0.25, 0.3) is 0 Å². The van der Waals surface area contributed by atoms with Gasteiger partial charge in [0.05, 0.1) is 18.7 Å². The van der Waals surface area contributed by atoms with Crippen LogP contribution in [0.4, 0.5) is 5.69 Å². The first-order chi connectivity index (χ1) is 17.1. The average molecular weight is 468 g/mol. The molecule has 2 atom stereocenters. The summed E-state index contributed by atoms with van der Waals surface area (Å²) in [6.07, 6.45) is 1.15. The number of nitrogens with zero attached hydrogens (tertiary/aromatic N) is 2. The maximum atomic E-state index is 13.3. The van der Waals surface area contributed by atoms with Crippen LogP contribution < -0.4 is 14.8 Å². The van der Waals surface area contributed by atoms with Crippen molar-refractivity contribution >= 4 is 17.5 Å². The summed E-state index contributed by atoms with van der Waals surface area (Å²) in [4.78, 5) is 27.2. The van der Waals surface area contributed by atoms with Crippen molar-refractivity contribution in [2.24, 2.45) is 5.92 Å². The summed E-state index contributed by atoms with van der Waals surface area (Å²) in [5, 5.41) is 12.2. The number of β-lactam (4-membered cyclic amide) rings is 1. The van der Waals surface area contributed by atoms with Crippen LogP contribution in [0.5, 0.6) is 11.5 Å². The van der Waals surface area contributed by atoms with Crippen molar-refractivity contribution < 1.29 is 19.1 Å². The van der Waals surface area contributed by atoms with Crippen LogP contribution in [-0.4, -0.2) is 29.9 Å². The Labute approximate surface area is 203 Å². The number of carbonyl (C=O) groups is 2. The van der Waals surface area contributed by atoms with E-state index in [0.717, 1.165) is 29.7 Å². The molecular weight excluding hydrogens is 442 g/mol. The van der Waals surface area contributed by atoms with Crippen molar-refractivity contribution in [3.8, 4) is 17.6 Å². The van der Waals surface area contributed by atoms with Crippen LogP contribution in [0.2, 0.25) is 0 Å². The molecule has 1 saturated heterocycles. The molecule has 1 N–H and O–H groups in total. The van der Waals surface area contributed by atoms with Crippen LogP contribution in [-0.2, 0) is 16.1 Å². The molecule has 0 bridgehead atoms. The first kappa shape index (κ1) is 22.5. The standard InChI is InChI=1S/C28H25N3O4/c1-34-23-9-4-7-21(15-23)25-26(35-24-10-3-5-18(14-24)16-29)28(33)31(25)17-19-6-2-8-22(13-19)30-27(32)20-11-12-20/h2-10,13-15,20,25-26H,11-12,17H2,1H3,(H,30,32)/t25-,26-/m1/s1. The molecule has 2 fully saturated rings. The largest absolute Gasteiger partial charge is 0.497 e. The van der Waals surface area contributed by atoms with E-state index in [-0.39, 0.29) is 23.8 Å². The number of nitriles is 1. The molecule has 35 heavy (non-hydrogen) atoms. The topological polar surface area (TPSA) is 91.7 Å². The number of anilines is 1. The first-order valence-electron chi connectivity index (χ1n) is 11.6. The third-order valence-corrected chi connectivity index (χ3v) is 6.31. The van der Waals surface area contributed by atoms with Gasteiger partial charge in [-0.25, -0.2) is 0 Å². The van der Waals surface area contributed by atoms with E-state index in [0.29, 0.717) is 23.6 Å². The van der Waals surface area contributed by atoms with E-state index in [9.17, 15) is 14.9 Å². The molecule has 0 spiro atoms. The number of hydrogen-bond acceptors (Lipinski definition) is 5. The molecule has 2 amide bonds. The molecule has 1 aliphatic carbocycles. The number of ether oxygens (including phenoxy) is 2. The maximum absolute atomic E-state index is 13.3. The van der Waals surface area contributed by atoms with Gasteiger partial charge >= 0.3 is 0 Å². The van der Waals surface area contributed by atoms with Gasteiger partial charge in [-0.05, 0) is 66.4 Å². The molecule has 2 aliphatic rings. The van der Waals surface area contributed by atoms with Crippen molar-refractivity contribution in [3.05, 3.63) is 89.5 Å². The van der Waals surface area contributed by atoms with E-state index < -0.39 is 6.10 Å². The number of methoxy groups -OCH3 is 1. The van der Waals surface area contributed by atoms with E-state index >= 15 is 0 Å². The number of nitrogens with one attached hydrogen (secondary N) is 1. The number of carbonyl (C=O) groups excluding carboxylic acids is 2. The van der Waals surface area contributed by atoms with Gasteiger partial charge in [0, 0.05) is 18.2 Å². The number of benzene rings is 3. The van der Waals surface area contributed by atoms with Crippen molar-refractivity contribution in [3.63, 3.8) is 0 Å². The molecular formula is C28H25N3O4. The second-order valence-corrected chi connectivity index (χ2v) is 8.83. The molecule has 1 aliphatic heterocycles.